The zero-order valence-corrected chi connectivity index (χ0v) is 16.3. The molecule has 25 heavy (non-hydrogen) atoms. The van der Waals surface area contributed by atoms with Crippen LogP contribution in [0.3, 0.4) is 0 Å². The third-order valence-electron chi connectivity index (χ3n) is 3.99. The van der Waals surface area contributed by atoms with E-state index < -0.39 is 0 Å². The molecule has 0 aliphatic rings. The summed E-state index contributed by atoms with van der Waals surface area (Å²) in [6.07, 6.45) is -0.259. The number of hydrogen-bond donors (Lipinski definition) is 2. The minimum atomic E-state index is -0.129. The van der Waals surface area contributed by atoms with Gasteiger partial charge in [0.25, 0.3) is 0 Å². The van der Waals surface area contributed by atoms with Gasteiger partial charge in [-0.1, -0.05) is 77.9 Å². The van der Waals surface area contributed by atoms with E-state index in [1.54, 1.807) is 0 Å². The molecule has 3 nitrogen and oxygen atoms in total. The first kappa shape index (κ1) is 19.3. The Morgan fingerprint density at radius 1 is 0.600 bits per heavy atom. The maximum atomic E-state index is 6.57. The van der Waals surface area contributed by atoms with E-state index in [0.717, 1.165) is 11.4 Å². The summed E-state index contributed by atoms with van der Waals surface area (Å²) in [5.74, 6) is 0. The molecule has 136 valence electrons. The summed E-state index contributed by atoms with van der Waals surface area (Å²) in [5, 5.41) is 7.09. The lowest BCUT2D eigenvalue weighted by Gasteiger charge is -2.40. The molecule has 2 rings (SSSR count). The van der Waals surface area contributed by atoms with Crippen LogP contribution in [0.1, 0.15) is 41.5 Å². The first-order chi connectivity index (χ1) is 11.7. The fourth-order valence-corrected chi connectivity index (χ4v) is 2.42. The van der Waals surface area contributed by atoms with Crippen molar-refractivity contribution in [3.05, 3.63) is 60.7 Å². The SMILES string of the molecule is CC(C)(C)C(Nc1ccccc1)OC(Nc1ccccc1)C(C)(C)C. The number of hydrogen-bond acceptors (Lipinski definition) is 3. The predicted octanol–water partition coefficient (Wildman–Crippen LogP) is 5.97. The number of ether oxygens (including phenoxy) is 1. The van der Waals surface area contributed by atoms with E-state index in [1.165, 1.54) is 0 Å². The number of rotatable bonds is 6. The average molecular weight is 341 g/mol. The monoisotopic (exact) mass is 340 g/mol. The fourth-order valence-electron chi connectivity index (χ4n) is 2.42. The molecule has 0 saturated carbocycles. The zero-order valence-electron chi connectivity index (χ0n) is 16.3. The smallest absolute Gasteiger partial charge is 0.135 e. The van der Waals surface area contributed by atoms with Crippen LogP contribution in [0.2, 0.25) is 0 Å². The molecule has 0 aliphatic carbocycles. The Hall–Kier alpha value is -2.00. The van der Waals surface area contributed by atoms with E-state index in [0.29, 0.717) is 0 Å². The molecule has 0 bridgehead atoms. The third kappa shape index (κ3) is 6.09. The highest BCUT2D eigenvalue weighted by Crippen LogP contribution is 2.31. The fraction of sp³-hybridized carbons (Fsp3) is 0.455. The Balaban J connectivity index is 2.20. The molecular weight excluding hydrogens is 308 g/mol. The Morgan fingerprint density at radius 3 is 1.20 bits per heavy atom. The summed E-state index contributed by atoms with van der Waals surface area (Å²) in [6, 6.07) is 20.4. The van der Waals surface area contributed by atoms with E-state index in [1.807, 2.05) is 36.4 Å². The van der Waals surface area contributed by atoms with Crippen LogP contribution in [0.15, 0.2) is 60.7 Å². The number of benzene rings is 2. The van der Waals surface area contributed by atoms with Crippen molar-refractivity contribution in [2.75, 3.05) is 10.6 Å². The molecule has 0 aromatic heterocycles. The Bertz CT molecular complexity index is 569. The molecular formula is C22H32N2O. The van der Waals surface area contributed by atoms with Crippen molar-refractivity contribution in [3.8, 4) is 0 Å². The van der Waals surface area contributed by atoms with Crippen LogP contribution in [0.5, 0.6) is 0 Å². The molecule has 0 fully saturated rings. The van der Waals surface area contributed by atoms with Gasteiger partial charge in [0.05, 0.1) is 0 Å². The van der Waals surface area contributed by atoms with Crippen LogP contribution < -0.4 is 10.6 Å². The minimum absolute atomic E-state index is 0.0578. The third-order valence-corrected chi connectivity index (χ3v) is 3.99. The van der Waals surface area contributed by atoms with E-state index >= 15 is 0 Å². The summed E-state index contributed by atoms with van der Waals surface area (Å²) in [6.45, 7) is 13.1. The number of para-hydroxylation sites is 2. The summed E-state index contributed by atoms with van der Waals surface area (Å²) >= 11 is 0. The topological polar surface area (TPSA) is 33.3 Å². The van der Waals surface area contributed by atoms with Crippen LogP contribution in [-0.4, -0.2) is 12.5 Å². The maximum absolute atomic E-state index is 6.57. The van der Waals surface area contributed by atoms with Crippen LogP contribution in [-0.2, 0) is 4.74 Å². The highest BCUT2D eigenvalue weighted by molar-refractivity contribution is 5.44. The standard InChI is InChI=1S/C22H32N2O/c1-21(2,3)19(23-17-13-9-7-10-14-17)25-20(22(4,5)6)24-18-15-11-8-12-16-18/h7-16,19-20,23-24H,1-6H3. The summed E-state index contributed by atoms with van der Waals surface area (Å²) < 4.78 is 6.57. The highest BCUT2D eigenvalue weighted by atomic mass is 16.5. The lowest BCUT2D eigenvalue weighted by Crippen LogP contribution is -2.46. The summed E-state index contributed by atoms with van der Waals surface area (Å²) in [7, 11) is 0. The average Bonchev–Trinajstić information content (AvgIpc) is 2.53. The molecule has 0 radical (unpaired) electrons. The molecule has 0 heterocycles. The van der Waals surface area contributed by atoms with Crippen LogP contribution in [0.4, 0.5) is 11.4 Å². The van der Waals surface area contributed by atoms with Gasteiger partial charge < -0.3 is 15.4 Å². The quantitative estimate of drug-likeness (QED) is 0.635. The van der Waals surface area contributed by atoms with Crippen molar-refractivity contribution in [1.29, 1.82) is 0 Å². The summed E-state index contributed by atoms with van der Waals surface area (Å²) in [5.41, 5.74) is 2.01. The molecule has 3 heteroatoms. The van der Waals surface area contributed by atoms with Crippen LogP contribution >= 0.6 is 0 Å². The molecule has 0 saturated heterocycles. The normalized spacial score (nSPS) is 14.6. The van der Waals surface area contributed by atoms with Crippen molar-refractivity contribution in [2.45, 2.75) is 54.0 Å². The second-order valence-corrected chi connectivity index (χ2v) is 8.65. The van der Waals surface area contributed by atoms with Gasteiger partial charge in [-0.2, -0.15) is 0 Å². The molecule has 2 N–H and O–H groups in total. The van der Waals surface area contributed by atoms with E-state index in [2.05, 4.69) is 76.4 Å². The molecule has 2 aromatic carbocycles. The Labute approximate surface area is 152 Å². The Morgan fingerprint density at radius 2 is 0.920 bits per heavy atom. The summed E-state index contributed by atoms with van der Waals surface area (Å²) in [4.78, 5) is 0. The minimum Gasteiger partial charge on any atom is -0.360 e. The van der Waals surface area contributed by atoms with Gasteiger partial charge in [0.15, 0.2) is 0 Å². The first-order valence-electron chi connectivity index (χ1n) is 8.95. The highest BCUT2D eigenvalue weighted by Gasteiger charge is 2.33. The van der Waals surface area contributed by atoms with Crippen molar-refractivity contribution < 1.29 is 4.74 Å². The van der Waals surface area contributed by atoms with Crippen molar-refractivity contribution >= 4 is 11.4 Å². The van der Waals surface area contributed by atoms with Gasteiger partial charge in [-0.3, -0.25) is 0 Å². The van der Waals surface area contributed by atoms with E-state index in [-0.39, 0.29) is 23.3 Å². The molecule has 0 aliphatic heterocycles. The van der Waals surface area contributed by atoms with Crippen molar-refractivity contribution in [1.82, 2.24) is 0 Å². The molecule has 0 amide bonds. The van der Waals surface area contributed by atoms with E-state index in [4.69, 9.17) is 4.74 Å². The van der Waals surface area contributed by atoms with Crippen molar-refractivity contribution in [3.63, 3.8) is 0 Å². The van der Waals surface area contributed by atoms with Gasteiger partial charge in [-0.05, 0) is 24.3 Å². The Kier molecular flexibility index (Phi) is 6.12. The molecule has 2 unspecified atom stereocenters. The predicted molar refractivity (Wildman–Crippen MR) is 108 cm³/mol. The lowest BCUT2D eigenvalue weighted by atomic mass is 9.91. The number of anilines is 2. The zero-order chi connectivity index (χ0) is 18.5. The van der Waals surface area contributed by atoms with Crippen LogP contribution in [0.25, 0.3) is 0 Å². The molecule has 0 spiro atoms. The maximum Gasteiger partial charge on any atom is 0.135 e. The second kappa shape index (κ2) is 7.92. The second-order valence-electron chi connectivity index (χ2n) is 8.65. The largest absolute Gasteiger partial charge is 0.360 e. The first-order valence-corrected chi connectivity index (χ1v) is 8.95. The van der Waals surface area contributed by atoms with Crippen molar-refractivity contribution in [2.24, 2.45) is 10.8 Å². The van der Waals surface area contributed by atoms with Gasteiger partial charge >= 0.3 is 0 Å². The lowest BCUT2D eigenvalue weighted by molar-refractivity contribution is -0.0793. The molecule has 2 aromatic rings. The van der Waals surface area contributed by atoms with Gasteiger partial charge in [0, 0.05) is 22.2 Å². The molecule has 2 atom stereocenters. The van der Waals surface area contributed by atoms with E-state index in [9.17, 15) is 0 Å². The van der Waals surface area contributed by atoms with Gasteiger partial charge in [-0.15, -0.1) is 0 Å². The van der Waals surface area contributed by atoms with Gasteiger partial charge in [-0.25, -0.2) is 0 Å². The number of nitrogens with one attached hydrogen (secondary N) is 2. The van der Waals surface area contributed by atoms with Gasteiger partial charge in [0.2, 0.25) is 0 Å². The van der Waals surface area contributed by atoms with Crippen LogP contribution in [0, 0.1) is 10.8 Å². The van der Waals surface area contributed by atoms with Gasteiger partial charge in [0.1, 0.15) is 12.5 Å².